The molecule has 0 N–H and O–H groups in total. The highest BCUT2D eigenvalue weighted by Gasteiger charge is 1.85. The molecule has 0 atom stereocenters. The topological polar surface area (TPSA) is 18.5 Å². The van der Waals surface area contributed by atoms with E-state index in [-0.39, 0.29) is 0 Å². The van der Waals surface area contributed by atoms with Gasteiger partial charge in [-0.3, -0.25) is 0 Å². The van der Waals surface area contributed by atoms with Crippen LogP contribution in [-0.4, -0.2) is 26.3 Å². The fraction of sp³-hybridized carbons (Fsp3) is 1.00. The monoisotopic (exact) mass is 149 g/mol. The molecule has 2 nitrogen and oxygen atoms in total. The predicted octanol–water partition coefficient (Wildman–Crippen LogP) is 1.58. The molecule has 0 heterocycles. The molecular formula is C6H13O2S. The highest BCUT2D eigenvalue weighted by Crippen LogP contribution is 1.90. The molecule has 0 spiro atoms. The Morgan fingerprint density at radius 2 is 1.89 bits per heavy atom. The van der Waals surface area contributed by atoms with Crippen molar-refractivity contribution in [2.45, 2.75) is 12.8 Å². The van der Waals surface area contributed by atoms with Gasteiger partial charge in [-0.15, -0.1) is 0 Å². The summed E-state index contributed by atoms with van der Waals surface area (Å²) in [5.41, 5.74) is 0. The van der Waals surface area contributed by atoms with Crippen molar-refractivity contribution in [3.05, 3.63) is 0 Å². The van der Waals surface area contributed by atoms with Crippen LogP contribution in [0.5, 0.6) is 0 Å². The fourth-order valence-corrected chi connectivity index (χ4v) is 0.627. The van der Waals surface area contributed by atoms with Gasteiger partial charge >= 0.3 is 0 Å². The second-order valence-electron chi connectivity index (χ2n) is 1.73. The second-order valence-corrected chi connectivity index (χ2v) is 1.96. The van der Waals surface area contributed by atoms with Gasteiger partial charge in [0.2, 0.25) is 0 Å². The number of rotatable bonds is 6. The maximum absolute atomic E-state index is 4.94. The second kappa shape index (κ2) is 8.27. The van der Waals surface area contributed by atoms with Crippen LogP contribution in [0, 0.1) is 0 Å². The van der Waals surface area contributed by atoms with Crippen LogP contribution in [0.1, 0.15) is 12.8 Å². The molecule has 0 saturated carbocycles. The lowest BCUT2D eigenvalue weighted by atomic mass is 10.3. The predicted molar refractivity (Wildman–Crippen MR) is 39.5 cm³/mol. The summed E-state index contributed by atoms with van der Waals surface area (Å²) in [5.74, 6) is 0.410. The van der Waals surface area contributed by atoms with Crippen LogP contribution in [0.4, 0.5) is 0 Å². The first-order valence-electron chi connectivity index (χ1n) is 3.06. The third-order valence-corrected chi connectivity index (χ3v) is 1.14. The SMILES string of the molecule is COCCCCOC[S]. The number of methoxy groups -OCH3 is 1. The molecule has 0 aliphatic heterocycles. The number of unbranched alkanes of at least 4 members (excludes halogenated alkanes) is 1. The van der Waals surface area contributed by atoms with Gasteiger partial charge in [0, 0.05) is 20.3 Å². The first kappa shape index (κ1) is 9.27. The van der Waals surface area contributed by atoms with Crippen molar-refractivity contribution < 1.29 is 9.47 Å². The average Bonchev–Trinajstić information content (AvgIpc) is 1.89. The van der Waals surface area contributed by atoms with Gasteiger partial charge < -0.3 is 9.47 Å². The van der Waals surface area contributed by atoms with Gasteiger partial charge in [0.25, 0.3) is 0 Å². The summed E-state index contributed by atoms with van der Waals surface area (Å²) in [6, 6.07) is 0. The Morgan fingerprint density at radius 3 is 2.44 bits per heavy atom. The number of ether oxygens (including phenoxy) is 2. The smallest absolute Gasteiger partial charge is 0.102 e. The summed E-state index contributed by atoms with van der Waals surface area (Å²) in [6.07, 6.45) is 2.11. The maximum atomic E-state index is 4.94. The molecule has 55 valence electrons. The van der Waals surface area contributed by atoms with Crippen LogP contribution >= 0.6 is 12.6 Å². The summed E-state index contributed by atoms with van der Waals surface area (Å²) >= 11 is 4.58. The molecule has 0 aromatic heterocycles. The lowest BCUT2D eigenvalue weighted by molar-refractivity contribution is 0.152. The van der Waals surface area contributed by atoms with Gasteiger partial charge in [0.05, 0.1) is 0 Å². The minimum absolute atomic E-state index is 0.410. The van der Waals surface area contributed by atoms with Crippen molar-refractivity contribution in [1.82, 2.24) is 0 Å². The Hall–Kier alpha value is 0.270. The molecule has 0 amide bonds. The fourth-order valence-electron chi connectivity index (χ4n) is 0.509. The van der Waals surface area contributed by atoms with Gasteiger partial charge in [-0.25, -0.2) is 0 Å². The van der Waals surface area contributed by atoms with Crippen molar-refractivity contribution in [2.24, 2.45) is 0 Å². The van der Waals surface area contributed by atoms with E-state index in [0.717, 1.165) is 26.1 Å². The van der Waals surface area contributed by atoms with Crippen LogP contribution in [0.2, 0.25) is 0 Å². The zero-order valence-corrected chi connectivity index (χ0v) is 6.58. The van der Waals surface area contributed by atoms with Crippen molar-refractivity contribution >= 4 is 12.6 Å². The van der Waals surface area contributed by atoms with E-state index < -0.39 is 0 Å². The van der Waals surface area contributed by atoms with Crippen LogP contribution < -0.4 is 0 Å². The quantitative estimate of drug-likeness (QED) is 0.534. The van der Waals surface area contributed by atoms with Gasteiger partial charge in [-0.2, -0.15) is 0 Å². The minimum Gasteiger partial charge on any atom is -0.385 e. The molecule has 0 bridgehead atoms. The zero-order chi connectivity index (χ0) is 6.95. The van der Waals surface area contributed by atoms with Crippen molar-refractivity contribution in [3.8, 4) is 0 Å². The first-order chi connectivity index (χ1) is 4.41. The largest absolute Gasteiger partial charge is 0.385 e. The minimum atomic E-state index is 0.410. The van der Waals surface area contributed by atoms with Crippen molar-refractivity contribution in [3.63, 3.8) is 0 Å². The standard InChI is InChI=1S/C6H13O2S/c1-7-4-2-3-5-8-6-9/h2-6H2,1H3. The molecule has 3 heteroatoms. The summed E-state index contributed by atoms with van der Waals surface area (Å²) in [7, 11) is 1.70. The molecule has 0 saturated heterocycles. The first-order valence-corrected chi connectivity index (χ1v) is 3.64. The highest BCUT2D eigenvalue weighted by molar-refractivity contribution is 7.80. The van der Waals surface area contributed by atoms with Crippen LogP contribution in [0.15, 0.2) is 0 Å². The maximum Gasteiger partial charge on any atom is 0.102 e. The highest BCUT2D eigenvalue weighted by atomic mass is 32.1. The van der Waals surface area contributed by atoms with E-state index in [1.165, 1.54) is 0 Å². The molecule has 0 aromatic rings. The van der Waals surface area contributed by atoms with Gasteiger partial charge in [-0.1, -0.05) is 12.6 Å². The molecule has 9 heavy (non-hydrogen) atoms. The Labute approximate surface area is 61.9 Å². The third kappa shape index (κ3) is 8.27. The summed E-state index contributed by atoms with van der Waals surface area (Å²) < 4.78 is 9.78. The molecule has 1 radical (unpaired) electrons. The van der Waals surface area contributed by atoms with Crippen LogP contribution in [-0.2, 0) is 9.47 Å². The van der Waals surface area contributed by atoms with Crippen molar-refractivity contribution in [2.75, 3.05) is 26.3 Å². The average molecular weight is 149 g/mol. The molecule has 0 aliphatic carbocycles. The normalized spacial score (nSPS) is 10.0. The third-order valence-electron chi connectivity index (χ3n) is 0.970. The molecular weight excluding hydrogens is 136 g/mol. The van der Waals surface area contributed by atoms with Gasteiger partial charge in [0.1, 0.15) is 5.94 Å². The Morgan fingerprint density at radius 1 is 1.22 bits per heavy atom. The van der Waals surface area contributed by atoms with E-state index in [9.17, 15) is 0 Å². The molecule has 0 unspecified atom stereocenters. The van der Waals surface area contributed by atoms with Crippen LogP contribution in [0.3, 0.4) is 0 Å². The van der Waals surface area contributed by atoms with Gasteiger partial charge in [-0.05, 0) is 12.8 Å². The number of hydrogen-bond donors (Lipinski definition) is 0. The summed E-state index contributed by atoms with van der Waals surface area (Å²) in [6.45, 7) is 1.59. The zero-order valence-electron chi connectivity index (χ0n) is 5.76. The van der Waals surface area contributed by atoms with Crippen molar-refractivity contribution in [1.29, 1.82) is 0 Å². The van der Waals surface area contributed by atoms with E-state index in [4.69, 9.17) is 9.47 Å². The van der Waals surface area contributed by atoms with E-state index in [1.807, 2.05) is 0 Å². The molecule has 0 aliphatic rings. The van der Waals surface area contributed by atoms with E-state index in [1.54, 1.807) is 7.11 Å². The van der Waals surface area contributed by atoms with E-state index in [2.05, 4.69) is 12.6 Å². The van der Waals surface area contributed by atoms with E-state index >= 15 is 0 Å². The lowest BCUT2D eigenvalue weighted by Gasteiger charge is -1.98. The Bertz CT molecular complexity index is 44.3. The lowest BCUT2D eigenvalue weighted by Crippen LogP contribution is -1.95. The Balaban J connectivity index is 2.60. The molecule has 0 aromatic carbocycles. The van der Waals surface area contributed by atoms with Gasteiger partial charge in [0.15, 0.2) is 0 Å². The molecule has 0 rings (SSSR count). The summed E-state index contributed by atoms with van der Waals surface area (Å²) in [4.78, 5) is 0. The Kier molecular flexibility index (Phi) is 8.52. The molecule has 0 fully saturated rings. The number of hydrogen-bond acceptors (Lipinski definition) is 2. The van der Waals surface area contributed by atoms with Crippen LogP contribution in [0.25, 0.3) is 0 Å². The summed E-state index contributed by atoms with van der Waals surface area (Å²) in [5, 5.41) is 0. The van der Waals surface area contributed by atoms with E-state index in [0.29, 0.717) is 5.94 Å².